The van der Waals surface area contributed by atoms with Crippen LogP contribution in [0.4, 0.5) is 5.69 Å². The highest BCUT2D eigenvalue weighted by Crippen LogP contribution is 2.30. The van der Waals surface area contributed by atoms with Crippen molar-refractivity contribution in [2.45, 2.75) is 13.3 Å². The Hall–Kier alpha value is -2.11. The Morgan fingerprint density at radius 2 is 1.96 bits per heavy atom. The number of hydrogen-bond donors (Lipinski definition) is 2. The van der Waals surface area contributed by atoms with Crippen LogP contribution < -0.4 is 10.6 Å². The lowest BCUT2D eigenvalue weighted by molar-refractivity contribution is 0.146. The summed E-state index contributed by atoms with van der Waals surface area (Å²) in [5.74, 6) is 0. The van der Waals surface area contributed by atoms with E-state index in [9.17, 15) is 0 Å². The SMILES string of the molecule is CCOCCCNC(=S)Nc1ccc2c(c1)oc1ccccc12. The van der Waals surface area contributed by atoms with E-state index in [2.05, 4.69) is 22.8 Å². The summed E-state index contributed by atoms with van der Waals surface area (Å²) in [7, 11) is 0. The quantitative estimate of drug-likeness (QED) is 0.522. The van der Waals surface area contributed by atoms with Crippen molar-refractivity contribution in [3.63, 3.8) is 0 Å². The van der Waals surface area contributed by atoms with Crippen molar-refractivity contribution < 1.29 is 9.15 Å². The minimum atomic E-state index is 0.608. The van der Waals surface area contributed by atoms with Crippen molar-refractivity contribution in [1.82, 2.24) is 5.32 Å². The molecule has 0 saturated heterocycles. The zero-order valence-corrected chi connectivity index (χ0v) is 13.9. The average molecular weight is 328 g/mol. The Labute approximate surface area is 140 Å². The summed E-state index contributed by atoms with van der Waals surface area (Å²) in [6.07, 6.45) is 0.929. The first kappa shape index (κ1) is 15.8. The van der Waals surface area contributed by atoms with E-state index in [-0.39, 0.29) is 0 Å². The maximum atomic E-state index is 5.88. The third kappa shape index (κ3) is 3.81. The zero-order valence-electron chi connectivity index (χ0n) is 13.1. The number of thiocarbonyl (C=S) groups is 1. The highest BCUT2D eigenvalue weighted by molar-refractivity contribution is 7.80. The second-order valence-electron chi connectivity index (χ2n) is 5.24. The van der Waals surface area contributed by atoms with Gasteiger partial charge in [-0.3, -0.25) is 0 Å². The summed E-state index contributed by atoms with van der Waals surface area (Å²) >= 11 is 5.31. The van der Waals surface area contributed by atoms with Gasteiger partial charge in [0, 0.05) is 42.3 Å². The molecule has 0 spiro atoms. The van der Waals surface area contributed by atoms with Crippen LogP contribution in [0.2, 0.25) is 0 Å². The molecule has 23 heavy (non-hydrogen) atoms. The number of nitrogens with one attached hydrogen (secondary N) is 2. The minimum Gasteiger partial charge on any atom is -0.456 e. The Bertz CT molecular complexity index is 813. The van der Waals surface area contributed by atoms with Gasteiger partial charge in [-0.25, -0.2) is 0 Å². The minimum absolute atomic E-state index is 0.608. The molecule has 0 unspecified atom stereocenters. The van der Waals surface area contributed by atoms with E-state index in [1.807, 2.05) is 37.3 Å². The standard InChI is InChI=1S/C18H20N2O2S/c1-2-21-11-5-10-19-18(23)20-13-8-9-15-14-6-3-4-7-16(14)22-17(15)12-13/h3-4,6-9,12H,2,5,10-11H2,1H3,(H2,19,20,23). The molecule has 0 aliphatic heterocycles. The van der Waals surface area contributed by atoms with E-state index in [4.69, 9.17) is 21.4 Å². The van der Waals surface area contributed by atoms with E-state index in [1.165, 1.54) is 0 Å². The fourth-order valence-electron chi connectivity index (χ4n) is 2.50. The predicted molar refractivity (Wildman–Crippen MR) is 99.1 cm³/mol. The van der Waals surface area contributed by atoms with Crippen molar-refractivity contribution in [1.29, 1.82) is 0 Å². The van der Waals surface area contributed by atoms with Crippen LogP contribution >= 0.6 is 12.2 Å². The monoisotopic (exact) mass is 328 g/mol. The zero-order chi connectivity index (χ0) is 16.1. The van der Waals surface area contributed by atoms with Gasteiger partial charge in [-0.15, -0.1) is 0 Å². The maximum Gasteiger partial charge on any atom is 0.170 e. The third-order valence-corrected chi connectivity index (χ3v) is 3.84. The molecular weight excluding hydrogens is 308 g/mol. The fourth-order valence-corrected chi connectivity index (χ4v) is 2.72. The summed E-state index contributed by atoms with van der Waals surface area (Å²) in [6, 6.07) is 14.1. The molecule has 120 valence electrons. The van der Waals surface area contributed by atoms with E-state index < -0.39 is 0 Å². The summed E-state index contributed by atoms with van der Waals surface area (Å²) in [4.78, 5) is 0. The topological polar surface area (TPSA) is 46.4 Å². The van der Waals surface area contributed by atoms with Crippen LogP contribution in [0.15, 0.2) is 46.9 Å². The highest BCUT2D eigenvalue weighted by atomic mass is 32.1. The first-order chi connectivity index (χ1) is 11.3. The van der Waals surface area contributed by atoms with Crippen LogP contribution in [0.1, 0.15) is 13.3 Å². The summed E-state index contributed by atoms with van der Waals surface area (Å²) in [5, 5.41) is 9.21. The number of rotatable bonds is 6. The van der Waals surface area contributed by atoms with Crippen LogP contribution in [0.25, 0.3) is 21.9 Å². The first-order valence-corrected chi connectivity index (χ1v) is 8.22. The molecule has 0 saturated carbocycles. The van der Waals surface area contributed by atoms with Crippen molar-refractivity contribution >= 4 is 45.0 Å². The van der Waals surface area contributed by atoms with Crippen LogP contribution in [-0.4, -0.2) is 24.9 Å². The van der Waals surface area contributed by atoms with Crippen LogP contribution in [-0.2, 0) is 4.74 Å². The number of para-hydroxylation sites is 1. The van der Waals surface area contributed by atoms with Crippen LogP contribution in [0.3, 0.4) is 0 Å². The second-order valence-corrected chi connectivity index (χ2v) is 5.65. The molecule has 0 aliphatic rings. The van der Waals surface area contributed by atoms with Crippen molar-refractivity contribution in [2.24, 2.45) is 0 Å². The number of anilines is 1. The number of benzene rings is 2. The molecule has 0 amide bonds. The Morgan fingerprint density at radius 1 is 1.13 bits per heavy atom. The predicted octanol–water partition coefficient (Wildman–Crippen LogP) is 4.30. The average Bonchev–Trinajstić information content (AvgIpc) is 2.92. The first-order valence-electron chi connectivity index (χ1n) is 7.82. The molecule has 3 aromatic rings. The molecule has 0 fully saturated rings. The van der Waals surface area contributed by atoms with Gasteiger partial charge in [0.25, 0.3) is 0 Å². The maximum absolute atomic E-state index is 5.88. The Balaban J connectivity index is 1.64. The smallest absolute Gasteiger partial charge is 0.170 e. The summed E-state index contributed by atoms with van der Waals surface area (Å²) in [6.45, 7) is 4.28. The number of fused-ring (bicyclic) bond motifs is 3. The normalized spacial score (nSPS) is 11.0. The number of hydrogen-bond acceptors (Lipinski definition) is 3. The molecule has 1 aromatic heterocycles. The molecular formula is C18H20N2O2S. The Kier molecular flexibility index (Phi) is 5.10. The summed E-state index contributed by atoms with van der Waals surface area (Å²) < 4.78 is 11.2. The van der Waals surface area contributed by atoms with Gasteiger partial charge in [0.15, 0.2) is 5.11 Å². The van der Waals surface area contributed by atoms with Gasteiger partial charge in [0.2, 0.25) is 0 Å². The molecule has 0 aliphatic carbocycles. The molecule has 0 atom stereocenters. The van der Waals surface area contributed by atoms with E-state index in [0.29, 0.717) is 5.11 Å². The lowest BCUT2D eigenvalue weighted by Gasteiger charge is -2.10. The third-order valence-electron chi connectivity index (χ3n) is 3.59. The van der Waals surface area contributed by atoms with Gasteiger partial charge < -0.3 is 19.8 Å². The van der Waals surface area contributed by atoms with Gasteiger partial charge >= 0.3 is 0 Å². The van der Waals surface area contributed by atoms with Crippen LogP contribution in [0.5, 0.6) is 0 Å². The summed E-state index contributed by atoms with van der Waals surface area (Å²) in [5.41, 5.74) is 2.67. The molecule has 1 heterocycles. The number of furan rings is 1. The van der Waals surface area contributed by atoms with E-state index in [1.54, 1.807) is 0 Å². The van der Waals surface area contributed by atoms with E-state index in [0.717, 1.165) is 53.8 Å². The lowest BCUT2D eigenvalue weighted by atomic mass is 10.1. The van der Waals surface area contributed by atoms with Crippen molar-refractivity contribution in [3.8, 4) is 0 Å². The van der Waals surface area contributed by atoms with Gasteiger partial charge in [-0.2, -0.15) is 0 Å². The molecule has 0 radical (unpaired) electrons. The van der Waals surface area contributed by atoms with Gasteiger partial charge in [0.05, 0.1) is 0 Å². The van der Waals surface area contributed by atoms with E-state index >= 15 is 0 Å². The fraction of sp³-hybridized carbons (Fsp3) is 0.278. The Morgan fingerprint density at radius 3 is 2.83 bits per heavy atom. The molecule has 3 rings (SSSR count). The van der Waals surface area contributed by atoms with Crippen molar-refractivity contribution in [3.05, 3.63) is 42.5 Å². The number of ether oxygens (including phenoxy) is 1. The van der Waals surface area contributed by atoms with Gasteiger partial charge in [0.1, 0.15) is 11.2 Å². The molecule has 5 heteroatoms. The largest absolute Gasteiger partial charge is 0.456 e. The molecule has 2 aromatic carbocycles. The second kappa shape index (κ2) is 7.44. The van der Waals surface area contributed by atoms with Gasteiger partial charge in [-0.1, -0.05) is 18.2 Å². The van der Waals surface area contributed by atoms with Crippen LogP contribution in [0, 0.1) is 0 Å². The van der Waals surface area contributed by atoms with Crippen molar-refractivity contribution in [2.75, 3.05) is 25.1 Å². The molecule has 2 N–H and O–H groups in total. The molecule has 4 nitrogen and oxygen atoms in total. The highest BCUT2D eigenvalue weighted by Gasteiger charge is 2.07. The van der Waals surface area contributed by atoms with Gasteiger partial charge in [-0.05, 0) is 43.8 Å². The molecule has 0 bridgehead atoms. The lowest BCUT2D eigenvalue weighted by Crippen LogP contribution is -2.29.